The Morgan fingerprint density at radius 3 is 2.16 bits per heavy atom. The molecule has 0 saturated heterocycles. The lowest BCUT2D eigenvalue weighted by atomic mass is 10.1. The molecule has 0 aromatic heterocycles. The van der Waals surface area contributed by atoms with Gasteiger partial charge in [-0.1, -0.05) is 72.3 Å². The van der Waals surface area contributed by atoms with Gasteiger partial charge in [-0.15, -0.1) is 0 Å². The van der Waals surface area contributed by atoms with E-state index >= 15 is 0 Å². The average molecular weight is 429 g/mol. The number of nitrogens with zero attached hydrogens (tertiary/aromatic N) is 1. The summed E-state index contributed by atoms with van der Waals surface area (Å²) in [6.45, 7) is 5.07. The van der Waals surface area contributed by atoms with Crippen LogP contribution in [0.25, 0.3) is 6.08 Å². The monoisotopic (exact) mass is 428 g/mol. The maximum atomic E-state index is 13.1. The van der Waals surface area contributed by atoms with Crippen molar-refractivity contribution >= 4 is 23.8 Å². The molecule has 3 aromatic carbocycles. The molecule has 2 amide bonds. The van der Waals surface area contributed by atoms with Gasteiger partial charge in [0.1, 0.15) is 0 Å². The Balaban J connectivity index is 1.74. The molecule has 0 fully saturated rings. The van der Waals surface area contributed by atoms with Gasteiger partial charge >= 0.3 is 12.0 Å². The Hall–Kier alpha value is -3.86. The van der Waals surface area contributed by atoms with Gasteiger partial charge in [0.05, 0.1) is 12.2 Å². The molecule has 0 unspecified atom stereocenters. The zero-order valence-corrected chi connectivity index (χ0v) is 18.5. The van der Waals surface area contributed by atoms with Gasteiger partial charge in [-0.3, -0.25) is 0 Å². The number of esters is 1. The quantitative estimate of drug-likeness (QED) is 0.448. The van der Waals surface area contributed by atoms with E-state index in [1.807, 2.05) is 67.6 Å². The third-order valence-electron chi connectivity index (χ3n) is 4.80. The second kappa shape index (κ2) is 11.5. The predicted octanol–water partition coefficient (Wildman–Crippen LogP) is 6.00. The number of urea groups is 1. The van der Waals surface area contributed by atoms with Crippen LogP contribution in [0.3, 0.4) is 0 Å². The maximum absolute atomic E-state index is 13.1. The second-order valence-corrected chi connectivity index (χ2v) is 7.47. The molecule has 5 nitrogen and oxygen atoms in total. The first kappa shape index (κ1) is 22.8. The van der Waals surface area contributed by atoms with Crippen molar-refractivity contribution in [2.24, 2.45) is 0 Å². The number of rotatable bonds is 8. The summed E-state index contributed by atoms with van der Waals surface area (Å²) in [6, 6.07) is 26.4. The number of carbonyl (C=O) groups excluding carboxylic acids is 2. The normalized spacial score (nSPS) is 11.0. The minimum atomic E-state index is -0.377. The van der Waals surface area contributed by atoms with Crippen LogP contribution in [0.2, 0.25) is 0 Å². The summed E-state index contributed by atoms with van der Waals surface area (Å²) in [7, 11) is 0. The minimum absolute atomic E-state index is 0.210. The molecule has 0 aliphatic carbocycles. The number of hydrogen-bond donors (Lipinski definition) is 1. The fourth-order valence-electron chi connectivity index (χ4n) is 3.29. The Morgan fingerprint density at radius 1 is 0.906 bits per heavy atom. The summed E-state index contributed by atoms with van der Waals surface area (Å²) >= 11 is 0. The Bertz CT molecular complexity index is 1050. The van der Waals surface area contributed by atoms with Gasteiger partial charge in [-0.25, -0.2) is 9.59 Å². The van der Waals surface area contributed by atoms with Crippen molar-refractivity contribution in [3.05, 3.63) is 107 Å². The standard InChI is InChI=1S/C27H28N2O3/c1-3-32-26(30)24-14-16-25(17-15-24)28-27(31)29(20-23-12-8-5-9-13-23)19-21(2)18-22-10-6-4-7-11-22/h4-18H,3,19-20H2,1-2H3,(H,28,31). The highest BCUT2D eigenvalue weighted by Gasteiger charge is 2.15. The highest BCUT2D eigenvalue weighted by molar-refractivity contribution is 5.92. The van der Waals surface area contributed by atoms with Gasteiger partial charge in [0.15, 0.2) is 0 Å². The summed E-state index contributed by atoms with van der Waals surface area (Å²) in [6.07, 6.45) is 2.08. The van der Waals surface area contributed by atoms with E-state index in [4.69, 9.17) is 4.74 Å². The zero-order valence-electron chi connectivity index (χ0n) is 18.5. The Kier molecular flexibility index (Phi) is 8.21. The van der Waals surface area contributed by atoms with Crippen molar-refractivity contribution in [3.63, 3.8) is 0 Å². The SMILES string of the molecule is CCOC(=O)c1ccc(NC(=O)N(CC(C)=Cc2ccccc2)Cc2ccccc2)cc1. The fourth-order valence-corrected chi connectivity index (χ4v) is 3.29. The molecule has 0 aliphatic heterocycles. The first-order valence-electron chi connectivity index (χ1n) is 10.6. The van der Waals surface area contributed by atoms with E-state index < -0.39 is 0 Å². The molecule has 0 radical (unpaired) electrons. The van der Waals surface area contributed by atoms with Crippen LogP contribution < -0.4 is 5.32 Å². The van der Waals surface area contributed by atoms with Crippen LogP contribution in [0, 0.1) is 0 Å². The Morgan fingerprint density at radius 2 is 1.53 bits per heavy atom. The first-order chi connectivity index (χ1) is 15.5. The van der Waals surface area contributed by atoms with Crippen LogP contribution in [-0.2, 0) is 11.3 Å². The molecule has 32 heavy (non-hydrogen) atoms. The number of benzene rings is 3. The molecule has 3 aromatic rings. The summed E-state index contributed by atoms with van der Waals surface area (Å²) < 4.78 is 5.01. The van der Waals surface area contributed by atoms with E-state index in [2.05, 4.69) is 11.4 Å². The van der Waals surface area contributed by atoms with E-state index in [1.54, 1.807) is 36.1 Å². The van der Waals surface area contributed by atoms with E-state index in [-0.39, 0.29) is 12.0 Å². The maximum Gasteiger partial charge on any atom is 0.338 e. The molecule has 164 valence electrons. The Labute approximate surface area is 189 Å². The molecule has 0 saturated carbocycles. The summed E-state index contributed by atoms with van der Waals surface area (Å²) in [5.74, 6) is -0.377. The number of hydrogen-bond acceptors (Lipinski definition) is 3. The smallest absolute Gasteiger partial charge is 0.338 e. The number of nitrogens with one attached hydrogen (secondary N) is 1. The lowest BCUT2D eigenvalue weighted by Gasteiger charge is -2.24. The largest absolute Gasteiger partial charge is 0.462 e. The van der Waals surface area contributed by atoms with Crippen molar-refractivity contribution in [3.8, 4) is 0 Å². The molecular formula is C27H28N2O3. The van der Waals surface area contributed by atoms with E-state index in [0.717, 1.165) is 16.7 Å². The predicted molar refractivity (Wildman–Crippen MR) is 128 cm³/mol. The van der Waals surface area contributed by atoms with Gasteiger partial charge in [-0.05, 0) is 49.2 Å². The summed E-state index contributed by atoms with van der Waals surface area (Å²) in [4.78, 5) is 26.7. The highest BCUT2D eigenvalue weighted by atomic mass is 16.5. The third-order valence-corrected chi connectivity index (χ3v) is 4.80. The number of amides is 2. The lowest BCUT2D eigenvalue weighted by Crippen LogP contribution is -2.35. The molecule has 3 rings (SSSR count). The fraction of sp³-hybridized carbons (Fsp3) is 0.185. The topological polar surface area (TPSA) is 58.6 Å². The molecule has 0 atom stereocenters. The zero-order chi connectivity index (χ0) is 22.8. The lowest BCUT2D eigenvalue weighted by molar-refractivity contribution is 0.0526. The first-order valence-corrected chi connectivity index (χ1v) is 10.6. The van der Waals surface area contributed by atoms with Crippen LogP contribution in [0.1, 0.15) is 35.3 Å². The van der Waals surface area contributed by atoms with E-state index in [1.165, 1.54) is 0 Å². The van der Waals surface area contributed by atoms with Gasteiger partial charge < -0.3 is 15.0 Å². The van der Waals surface area contributed by atoms with Crippen molar-refractivity contribution in [2.75, 3.05) is 18.5 Å². The number of anilines is 1. The third kappa shape index (κ3) is 6.84. The highest BCUT2D eigenvalue weighted by Crippen LogP contribution is 2.15. The van der Waals surface area contributed by atoms with Crippen molar-refractivity contribution in [1.29, 1.82) is 0 Å². The van der Waals surface area contributed by atoms with Crippen LogP contribution >= 0.6 is 0 Å². The molecule has 0 spiro atoms. The number of ether oxygens (including phenoxy) is 1. The van der Waals surface area contributed by atoms with Crippen LogP contribution in [0.4, 0.5) is 10.5 Å². The van der Waals surface area contributed by atoms with Crippen molar-refractivity contribution in [2.45, 2.75) is 20.4 Å². The molecule has 0 heterocycles. The van der Waals surface area contributed by atoms with Gasteiger partial charge in [-0.2, -0.15) is 0 Å². The van der Waals surface area contributed by atoms with Gasteiger partial charge in [0.2, 0.25) is 0 Å². The van der Waals surface area contributed by atoms with Crippen LogP contribution in [0.15, 0.2) is 90.5 Å². The minimum Gasteiger partial charge on any atom is -0.462 e. The molecule has 0 bridgehead atoms. The summed E-state index contributed by atoms with van der Waals surface area (Å²) in [5.41, 5.74) is 4.28. The number of carbonyl (C=O) groups is 2. The molecule has 1 N–H and O–H groups in total. The van der Waals surface area contributed by atoms with E-state index in [9.17, 15) is 9.59 Å². The average Bonchev–Trinajstić information content (AvgIpc) is 2.80. The van der Waals surface area contributed by atoms with Crippen molar-refractivity contribution in [1.82, 2.24) is 4.90 Å². The van der Waals surface area contributed by atoms with Gasteiger partial charge in [0, 0.05) is 18.8 Å². The molecular weight excluding hydrogens is 400 g/mol. The molecule has 5 heteroatoms. The second-order valence-electron chi connectivity index (χ2n) is 7.47. The molecule has 0 aliphatic rings. The van der Waals surface area contributed by atoms with E-state index in [0.29, 0.717) is 30.9 Å². The van der Waals surface area contributed by atoms with Crippen molar-refractivity contribution < 1.29 is 14.3 Å². The summed E-state index contributed by atoms with van der Waals surface area (Å²) in [5, 5.41) is 2.94. The van der Waals surface area contributed by atoms with Gasteiger partial charge in [0.25, 0.3) is 0 Å². The van der Waals surface area contributed by atoms with Crippen LogP contribution in [0.5, 0.6) is 0 Å². The van der Waals surface area contributed by atoms with Crippen LogP contribution in [-0.4, -0.2) is 30.1 Å².